The van der Waals surface area contributed by atoms with Crippen molar-refractivity contribution in [1.82, 2.24) is 0 Å². The molecule has 1 atom stereocenters. The second-order valence-electron chi connectivity index (χ2n) is 4.75. The summed E-state index contributed by atoms with van der Waals surface area (Å²) < 4.78 is 5.30. The lowest BCUT2D eigenvalue weighted by Crippen LogP contribution is -2.06. The van der Waals surface area contributed by atoms with Gasteiger partial charge in [0.1, 0.15) is 11.8 Å². The van der Waals surface area contributed by atoms with Crippen LogP contribution in [0.5, 0.6) is 5.75 Å². The zero-order valence-electron chi connectivity index (χ0n) is 11.8. The van der Waals surface area contributed by atoms with Gasteiger partial charge >= 0.3 is 0 Å². The van der Waals surface area contributed by atoms with E-state index in [2.05, 4.69) is 43.4 Å². The van der Waals surface area contributed by atoms with Gasteiger partial charge in [0.25, 0.3) is 0 Å². The first-order valence-corrected chi connectivity index (χ1v) is 6.62. The lowest BCUT2D eigenvalue weighted by atomic mass is 10.1. The first kappa shape index (κ1) is 14.0. The number of ether oxygens (including phenoxy) is 1. The maximum Gasteiger partial charge on any atom is 0.174 e. The maximum absolute atomic E-state index is 8.52. The number of aryl methyl sites for hydroxylation is 1. The van der Waals surface area contributed by atoms with Crippen molar-refractivity contribution in [3.63, 3.8) is 0 Å². The molecule has 1 unspecified atom stereocenters. The summed E-state index contributed by atoms with van der Waals surface area (Å²) in [6.45, 7) is 4.27. The van der Waals surface area contributed by atoms with Crippen LogP contribution in [0.4, 0.5) is 5.69 Å². The Morgan fingerprint density at radius 3 is 2.65 bits per heavy atom. The summed E-state index contributed by atoms with van der Waals surface area (Å²) in [5.41, 5.74) is 3.47. The molecule has 3 nitrogen and oxygen atoms in total. The van der Waals surface area contributed by atoms with E-state index < -0.39 is 0 Å². The zero-order chi connectivity index (χ0) is 14.4. The molecule has 0 radical (unpaired) electrons. The Morgan fingerprint density at radius 1 is 1.20 bits per heavy atom. The first-order valence-electron chi connectivity index (χ1n) is 6.62. The first-order chi connectivity index (χ1) is 9.69. The fourth-order valence-electron chi connectivity index (χ4n) is 1.98. The third-order valence-electron chi connectivity index (χ3n) is 3.10. The van der Waals surface area contributed by atoms with Crippen molar-refractivity contribution in [2.45, 2.75) is 19.9 Å². The number of hydrogen-bond donors (Lipinski definition) is 1. The standard InChI is InChI=1S/C17H18N2O/c1-13-6-8-15(9-7-13)14(2)19-16-4-3-5-17(12-16)20-11-10-18/h3-9,12,14,19H,11H2,1-2H3. The molecular weight excluding hydrogens is 248 g/mol. The lowest BCUT2D eigenvalue weighted by molar-refractivity contribution is 0.368. The molecule has 0 aromatic heterocycles. The van der Waals surface area contributed by atoms with Crippen molar-refractivity contribution in [3.8, 4) is 11.8 Å². The van der Waals surface area contributed by atoms with E-state index in [9.17, 15) is 0 Å². The summed E-state index contributed by atoms with van der Waals surface area (Å²) in [4.78, 5) is 0. The van der Waals surface area contributed by atoms with Gasteiger partial charge in [-0.2, -0.15) is 5.26 Å². The highest BCUT2D eigenvalue weighted by Crippen LogP contribution is 2.23. The average Bonchev–Trinajstić information content (AvgIpc) is 2.46. The number of nitrogens with one attached hydrogen (secondary N) is 1. The van der Waals surface area contributed by atoms with Crippen molar-refractivity contribution in [3.05, 3.63) is 59.7 Å². The van der Waals surface area contributed by atoms with Crippen LogP contribution in [-0.4, -0.2) is 6.61 Å². The molecule has 0 saturated heterocycles. The Kier molecular flexibility index (Phi) is 4.62. The van der Waals surface area contributed by atoms with E-state index >= 15 is 0 Å². The van der Waals surface area contributed by atoms with Crippen molar-refractivity contribution in [1.29, 1.82) is 5.26 Å². The molecule has 1 N–H and O–H groups in total. The smallest absolute Gasteiger partial charge is 0.174 e. The normalized spacial score (nSPS) is 11.4. The highest BCUT2D eigenvalue weighted by Gasteiger charge is 2.05. The highest BCUT2D eigenvalue weighted by atomic mass is 16.5. The van der Waals surface area contributed by atoms with E-state index in [0.717, 1.165) is 5.69 Å². The number of nitriles is 1. The summed E-state index contributed by atoms with van der Waals surface area (Å²) in [5.74, 6) is 0.702. The van der Waals surface area contributed by atoms with Gasteiger partial charge in [0.2, 0.25) is 0 Å². The molecule has 0 amide bonds. The predicted molar refractivity (Wildman–Crippen MR) is 80.8 cm³/mol. The van der Waals surface area contributed by atoms with Gasteiger partial charge in [0.15, 0.2) is 6.61 Å². The molecule has 0 aliphatic heterocycles. The fraction of sp³-hybridized carbons (Fsp3) is 0.235. The number of rotatable bonds is 5. The Morgan fingerprint density at radius 2 is 1.95 bits per heavy atom. The van der Waals surface area contributed by atoms with Crippen molar-refractivity contribution < 1.29 is 4.74 Å². The maximum atomic E-state index is 8.52. The van der Waals surface area contributed by atoms with Crippen LogP contribution in [0.15, 0.2) is 48.5 Å². The average molecular weight is 266 g/mol. The quantitative estimate of drug-likeness (QED) is 0.887. The summed E-state index contributed by atoms with van der Waals surface area (Å²) in [6.07, 6.45) is 0. The van der Waals surface area contributed by atoms with Gasteiger partial charge in [-0.3, -0.25) is 0 Å². The monoisotopic (exact) mass is 266 g/mol. The van der Waals surface area contributed by atoms with E-state index in [1.54, 1.807) is 0 Å². The van der Waals surface area contributed by atoms with Gasteiger partial charge in [0.05, 0.1) is 0 Å². The van der Waals surface area contributed by atoms with Crippen LogP contribution in [0.1, 0.15) is 24.1 Å². The van der Waals surface area contributed by atoms with Crippen molar-refractivity contribution in [2.75, 3.05) is 11.9 Å². The molecule has 2 aromatic rings. The molecule has 0 heterocycles. The Balaban J connectivity index is 2.05. The fourth-order valence-corrected chi connectivity index (χ4v) is 1.98. The zero-order valence-corrected chi connectivity index (χ0v) is 11.8. The van der Waals surface area contributed by atoms with E-state index in [1.807, 2.05) is 30.3 Å². The minimum atomic E-state index is 0.0664. The van der Waals surface area contributed by atoms with Crippen LogP contribution in [0.2, 0.25) is 0 Å². The van der Waals surface area contributed by atoms with Crippen molar-refractivity contribution in [2.24, 2.45) is 0 Å². The number of hydrogen-bond acceptors (Lipinski definition) is 3. The Bertz CT molecular complexity index is 599. The largest absolute Gasteiger partial charge is 0.479 e. The SMILES string of the molecule is Cc1ccc(C(C)Nc2cccc(OCC#N)c2)cc1. The Labute approximate surface area is 119 Å². The molecule has 0 aliphatic rings. The lowest BCUT2D eigenvalue weighted by Gasteiger charge is -2.16. The third-order valence-corrected chi connectivity index (χ3v) is 3.10. The van der Waals surface area contributed by atoms with Gasteiger partial charge in [-0.15, -0.1) is 0 Å². The van der Waals surface area contributed by atoms with Crippen LogP contribution in [0.3, 0.4) is 0 Å². The number of nitrogens with zero attached hydrogens (tertiary/aromatic N) is 1. The molecule has 2 aromatic carbocycles. The minimum absolute atomic E-state index is 0.0664. The molecule has 2 rings (SSSR count). The topological polar surface area (TPSA) is 45.0 Å². The summed E-state index contributed by atoms with van der Waals surface area (Å²) in [7, 11) is 0. The molecular formula is C17H18N2O. The molecule has 3 heteroatoms. The van der Waals surface area contributed by atoms with E-state index in [-0.39, 0.29) is 12.6 Å². The molecule has 0 aliphatic carbocycles. The second-order valence-corrected chi connectivity index (χ2v) is 4.75. The molecule has 0 bridgehead atoms. The second kappa shape index (κ2) is 6.63. The van der Waals surface area contributed by atoms with Gasteiger partial charge < -0.3 is 10.1 Å². The van der Waals surface area contributed by atoms with Crippen molar-refractivity contribution >= 4 is 5.69 Å². The molecule has 0 saturated carbocycles. The van der Waals surface area contributed by atoms with Gasteiger partial charge in [-0.1, -0.05) is 35.9 Å². The third kappa shape index (κ3) is 3.76. The van der Waals surface area contributed by atoms with Crippen LogP contribution in [0, 0.1) is 18.3 Å². The van der Waals surface area contributed by atoms with Gasteiger partial charge in [-0.25, -0.2) is 0 Å². The van der Waals surface area contributed by atoms with Crippen LogP contribution >= 0.6 is 0 Å². The molecule has 0 fully saturated rings. The van der Waals surface area contributed by atoms with Gasteiger partial charge in [-0.05, 0) is 31.5 Å². The van der Waals surface area contributed by atoms with Crippen LogP contribution < -0.4 is 10.1 Å². The van der Waals surface area contributed by atoms with E-state index in [4.69, 9.17) is 10.00 Å². The highest BCUT2D eigenvalue weighted by molar-refractivity contribution is 5.49. The number of anilines is 1. The summed E-state index contributed by atoms with van der Waals surface area (Å²) >= 11 is 0. The van der Waals surface area contributed by atoms with Crippen LogP contribution in [0.25, 0.3) is 0 Å². The van der Waals surface area contributed by atoms with Gasteiger partial charge in [0, 0.05) is 17.8 Å². The van der Waals surface area contributed by atoms with E-state index in [0.29, 0.717) is 5.75 Å². The minimum Gasteiger partial charge on any atom is -0.479 e. The summed E-state index contributed by atoms with van der Waals surface area (Å²) in [5, 5.41) is 12.0. The molecule has 0 spiro atoms. The van der Waals surface area contributed by atoms with Crippen LogP contribution in [-0.2, 0) is 0 Å². The molecule has 20 heavy (non-hydrogen) atoms. The summed E-state index contributed by atoms with van der Waals surface area (Å²) in [6, 6.07) is 18.3. The van der Waals surface area contributed by atoms with E-state index in [1.165, 1.54) is 11.1 Å². The molecule has 102 valence electrons. The predicted octanol–water partition coefficient (Wildman–Crippen LogP) is 4.07. The Hall–Kier alpha value is -2.47. The number of benzene rings is 2.